The summed E-state index contributed by atoms with van der Waals surface area (Å²) in [6, 6.07) is 9.47. The van der Waals surface area contributed by atoms with Crippen molar-refractivity contribution in [2.75, 3.05) is 19.7 Å². The van der Waals surface area contributed by atoms with Crippen molar-refractivity contribution in [1.29, 1.82) is 0 Å². The van der Waals surface area contributed by atoms with Crippen LogP contribution >= 0.6 is 0 Å². The van der Waals surface area contributed by atoms with E-state index in [0.29, 0.717) is 25.9 Å². The molecular formula is C20H27NO5. The fraction of sp³-hybridized carbons (Fsp3) is 0.500. The van der Waals surface area contributed by atoms with Crippen LogP contribution in [0.15, 0.2) is 43.0 Å². The highest BCUT2D eigenvalue weighted by molar-refractivity contribution is 5.68. The van der Waals surface area contributed by atoms with E-state index in [4.69, 9.17) is 9.47 Å². The summed E-state index contributed by atoms with van der Waals surface area (Å²) in [4.78, 5) is 25.2. The van der Waals surface area contributed by atoms with Gasteiger partial charge in [-0.25, -0.2) is 4.79 Å². The lowest BCUT2D eigenvalue weighted by Crippen LogP contribution is -2.48. The molecular weight excluding hydrogens is 334 g/mol. The number of carbonyl (C=O) groups excluding carboxylic acids is 2. The van der Waals surface area contributed by atoms with Gasteiger partial charge in [-0.05, 0) is 18.4 Å². The van der Waals surface area contributed by atoms with Gasteiger partial charge in [0, 0.05) is 31.8 Å². The first-order valence-electron chi connectivity index (χ1n) is 8.87. The van der Waals surface area contributed by atoms with Crippen LogP contribution in [-0.4, -0.2) is 47.9 Å². The normalized spacial score (nSPS) is 20.9. The van der Waals surface area contributed by atoms with E-state index in [1.165, 1.54) is 6.92 Å². The van der Waals surface area contributed by atoms with Crippen molar-refractivity contribution in [2.45, 2.75) is 32.5 Å². The van der Waals surface area contributed by atoms with E-state index in [2.05, 4.69) is 6.58 Å². The molecule has 1 saturated heterocycles. The van der Waals surface area contributed by atoms with Crippen LogP contribution in [-0.2, 0) is 20.9 Å². The highest BCUT2D eigenvalue weighted by atomic mass is 16.6. The number of benzene rings is 1. The molecule has 0 bridgehead atoms. The van der Waals surface area contributed by atoms with Gasteiger partial charge in [0.15, 0.2) is 0 Å². The third-order valence-electron chi connectivity index (χ3n) is 4.51. The van der Waals surface area contributed by atoms with Crippen LogP contribution in [0.25, 0.3) is 0 Å². The second kappa shape index (κ2) is 9.97. The maximum absolute atomic E-state index is 12.5. The molecule has 1 aromatic carbocycles. The summed E-state index contributed by atoms with van der Waals surface area (Å²) in [5.41, 5.74) is 0.914. The minimum absolute atomic E-state index is 0.0265. The van der Waals surface area contributed by atoms with Crippen LogP contribution in [0.1, 0.15) is 25.3 Å². The Morgan fingerprint density at radius 3 is 2.69 bits per heavy atom. The Morgan fingerprint density at radius 1 is 1.31 bits per heavy atom. The van der Waals surface area contributed by atoms with E-state index in [1.54, 1.807) is 11.0 Å². The van der Waals surface area contributed by atoms with Gasteiger partial charge in [0.2, 0.25) is 0 Å². The smallest absolute Gasteiger partial charge is 0.410 e. The average Bonchev–Trinajstić information content (AvgIpc) is 2.65. The minimum atomic E-state index is -0.586. The lowest BCUT2D eigenvalue weighted by Gasteiger charge is -2.38. The fourth-order valence-electron chi connectivity index (χ4n) is 3.20. The Labute approximate surface area is 154 Å². The van der Waals surface area contributed by atoms with Gasteiger partial charge in [0.1, 0.15) is 6.61 Å². The van der Waals surface area contributed by atoms with Crippen LogP contribution in [0, 0.1) is 11.8 Å². The predicted molar refractivity (Wildman–Crippen MR) is 97.3 cm³/mol. The van der Waals surface area contributed by atoms with E-state index in [-0.39, 0.29) is 31.0 Å². The molecule has 0 aliphatic carbocycles. The number of hydrogen-bond donors (Lipinski definition) is 1. The van der Waals surface area contributed by atoms with Gasteiger partial charge in [-0.1, -0.05) is 36.4 Å². The lowest BCUT2D eigenvalue weighted by molar-refractivity contribution is -0.143. The van der Waals surface area contributed by atoms with E-state index < -0.39 is 12.2 Å². The molecule has 1 aromatic rings. The van der Waals surface area contributed by atoms with Crippen LogP contribution < -0.4 is 0 Å². The largest absolute Gasteiger partial charge is 0.466 e. The summed E-state index contributed by atoms with van der Waals surface area (Å²) < 4.78 is 10.5. The van der Waals surface area contributed by atoms with Crippen LogP contribution in [0.5, 0.6) is 0 Å². The van der Waals surface area contributed by atoms with Crippen molar-refractivity contribution in [1.82, 2.24) is 4.90 Å². The quantitative estimate of drug-likeness (QED) is 0.597. The third-order valence-corrected chi connectivity index (χ3v) is 4.51. The SMILES string of the molecule is C=CC[C@@H](O)[C@@H]1C[C@H](COC(C)=O)CN(C(=O)OCc2ccccc2)C1. The number of ether oxygens (including phenoxy) is 2. The highest BCUT2D eigenvalue weighted by Crippen LogP contribution is 2.27. The summed E-state index contributed by atoms with van der Waals surface area (Å²) in [6.07, 6.45) is 1.80. The van der Waals surface area contributed by atoms with E-state index in [1.807, 2.05) is 30.3 Å². The topological polar surface area (TPSA) is 76.1 Å². The number of aliphatic hydroxyl groups excluding tert-OH is 1. The summed E-state index contributed by atoms with van der Waals surface area (Å²) in [5, 5.41) is 10.3. The summed E-state index contributed by atoms with van der Waals surface area (Å²) in [7, 11) is 0. The van der Waals surface area contributed by atoms with Crippen molar-refractivity contribution in [2.24, 2.45) is 11.8 Å². The molecule has 0 aromatic heterocycles. The average molecular weight is 361 g/mol. The van der Waals surface area contributed by atoms with Gasteiger partial charge in [0.25, 0.3) is 0 Å². The fourth-order valence-corrected chi connectivity index (χ4v) is 3.20. The second-order valence-electron chi connectivity index (χ2n) is 6.70. The Balaban J connectivity index is 1.97. The number of nitrogens with zero attached hydrogens (tertiary/aromatic N) is 1. The van der Waals surface area contributed by atoms with E-state index in [0.717, 1.165) is 5.56 Å². The van der Waals surface area contributed by atoms with E-state index >= 15 is 0 Å². The molecule has 3 atom stereocenters. The van der Waals surface area contributed by atoms with Gasteiger partial charge in [-0.2, -0.15) is 0 Å². The van der Waals surface area contributed by atoms with Crippen LogP contribution in [0.3, 0.4) is 0 Å². The number of likely N-dealkylation sites (tertiary alicyclic amines) is 1. The second-order valence-corrected chi connectivity index (χ2v) is 6.70. The maximum atomic E-state index is 12.5. The number of amides is 1. The Bertz CT molecular complexity index is 603. The molecule has 142 valence electrons. The predicted octanol–water partition coefficient (Wildman–Crippen LogP) is 2.76. The Kier molecular flexibility index (Phi) is 7.66. The standard InChI is InChI=1S/C20H27NO5/c1-3-7-19(23)18-10-17(14-25-15(2)22)11-21(12-18)20(24)26-13-16-8-5-4-6-9-16/h3-6,8-9,17-19,23H,1,7,10-14H2,2H3/t17-,18+,19+/m0/s1. The number of piperidine rings is 1. The summed E-state index contributed by atoms with van der Waals surface area (Å²) >= 11 is 0. The third kappa shape index (κ3) is 6.19. The van der Waals surface area contributed by atoms with Gasteiger partial charge >= 0.3 is 12.1 Å². The van der Waals surface area contributed by atoms with Crippen molar-refractivity contribution >= 4 is 12.1 Å². The molecule has 2 rings (SSSR count). The van der Waals surface area contributed by atoms with Crippen molar-refractivity contribution in [3.8, 4) is 0 Å². The number of hydrogen-bond acceptors (Lipinski definition) is 5. The molecule has 0 spiro atoms. The molecule has 1 aliphatic rings. The molecule has 1 heterocycles. The van der Waals surface area contributed by atoms with Crippen molar-refractivity contribution in [3.63, 3.8) is 0 Å². The van der Waals surface area contributed by atoms with Crippen LogP contribution in [0.4, 0.5) is 4.79 Å². The number of rotatable bonds is 7. The molecule has 6 heteroatoms. The first kappa shape index (κ1) is 20.0. The molecule has 1 fully saturated rings. The van der Waals surface area contributed by atoms with Gasteiger partial charge < -0.3 is 19.5 Å². The molecule has 1 aliphatic heterocycles. The number of esters is 1. The summed E-state index contributed by atoms with van der Waals surface area (Å²) in [6.45, 7) is 6.31. The van der Waals surface area contributed by atoms with Gasteiger partial charge in [-0.15, -0.1) is 6.58 Å². The minimum Gasteiger partial charge on any atom is -0.466 e. The molecule has 0 unspecified atom stereocenters. The lowest BCUT2D eigenvalue weighted by atomic mass is 9.85. The van der Waals surface area contributed by atoms with Gasteiger partial charge in [0.05, 0.1) is 12.7 Å². The first-order valence-corrected chi connectivity index (χ1v) is 8.87. The van der Waals surface area contributed by atoms with Gasteiger partial charge in [-0.3, -0.25) is 4.79 Å². The maximum Gasteiger partial charge on any atom is 0.410 e. The number of aliphatic hydroxyl groups is 1. The first-order chi connectivity index (χ1) is 12.5. The molecule has 1 N–H and O–H groups in total. The van der Waals surface area contributed by atoms with Crippen LogP contribution in [0.2, 0.25) is 0 Å². The Hall–Kier alpha value is -2.34. The van der Waals surface area contributed by atoms with E-state index in [9.17, 15) is 14.7 Å². The molecule has 26 heavy (non-hydrogen) atoms. The number of carbonyl (C=O) groups is 2. The monoisotopic (exact) mass is 361 g/mol. The van der Waals surface area contributed by atoms with Crippen molar-refractivity contribution in [3.05, 3.63) is 48.6 Å². The Morgan fingerprint density at radius 2 is 2.04 bits per heavy atom. The summed E-state index contributed by atoms with van der Waals surface area (Å²) in [5.74, 6) is -0.482. The zero-order chi connectivity index (χ0) is 18.9. The molecule has 6 nitrogen and oxygen atoms in total. The molecule has 0 radical (unpaired) electrons. The zero-order valence-electron chi connectivity index (χ0n) is 15.2. The molecule has 1 amide bonds. The molecule has 0 saturated carbocycles. The highest BCUT2D eigenvalue weighted by Gasteiger charge is 2.34. The zero-order valence-corrected chi connectivity index (χ0v) is 15.2. The van der Waals surface area contributed by atoms with Crippen molar-refractivity contribution < 1.29 is 24.2 Å².